The minimum atomic E-state index is 0.700. The van der Waals surface area contributed by atoms with Gasteiger partial charge in [-0.3, -0.25) is 4.40 Å². The number of rotatable bonds is 3. The number of hydrogen-bond donors (Lipinski definition) is 0. The maximum absolute atomic E-state index is 6.04. The summed E-state index contributed by atoms with van der Waals surface area (Å²) in [5, 5.41) is 0.700. The molecule has 4 nitrogen and oxygen atoms in total. The van der Waals surface area contributed by atoms with Crippen LogP contribution in [0.3, 0.4) is 0 Å². The zero-order valence-corrected chi connectivity index (χ0v) is 15.0. The lowest BCUT2D eigenvalue weighted by atomic mass is 10.1. The third kappa shape index (κ3) is 2.90. The van der Waals surface area contributed by atoms with Crippen molar-refractivity contribution in [2.24, 2.45) is 0 Å². The number of fused-ring (bicyclic) bond motifs is 3. The van der Waals surface area contributed by atoms with E-state index >= 15 is 0 Å². The molecule has 0 N–H and O–H groups in total. The summed E-state index contributed by atoms with van der Waals surface area (Å²) in [6.45, 7) is 0. The number of nitrogens with zero attached hydrogens (tertiary/aromatic N) is 3. The van der Waals surface area contributed by atoms with E-state index in [4.69, 9.17) is 26.0 Å². The van der Waals surface area contributed by atoms with E-state index in [9.17, 15) is 0 Å². The average Bonchev–Trinajstić information content (AvgIpc) is 3.34. The monoisotopic (exact) mass is 371 g/mol. The first kappa shape index (κ1) is 15.9. The largest absolute Gasteiger partial charge is 0.465 e. The molecule has 0 bridgehead atoms. The number of halogens is 1. The molecule has 5 heteroatoms. The van der Waals surface area contributed by atoms with Gasteiger partial charge >= 0.3 is 0 Å². The number of benzene rings is 2. The fourth-order valence-electron chi connectivity index (χ4n) is 3.11. The summed E-state index contributed by atoms with van der Waals surface area (Å²) in [4.78, 5) is 9.60. The molecule has 0 aliphatic carbocycles. The lowest BCUT2D eigenvalue weighted by molar-refractivity contribution is 0.557. The fourth-order valence-corrected chi connectivity index (χ4v) is 3.23. The predicted octanol–water partition coefficient (Wildman–Crippen LogP) is 5.97. The number of para-hydroxylation sites is 2. The number of imidazole rings is 1. The Morgan fingerprint density at radius 2 is 1.74 bits per heavy atom. The first-order valence-corrected chi connectivity index (χ1v) is 8.91. The van der Waals surface area contributed by atoms with Crippen LogP contribution in [0.4, 0.5) is 0 Å². The van der Waals surface area contributed by atoms with Gasteiger partial charge in [0.15, 0.2) is 5.65 Å². The zero-order chi connectivity index (χ0) is 18.2. The second kappa shape index (κ2) is 6.41. The Labute approximate surface area is 160 Å². The van der Waals surface area contributed by atoms with Crippen LogP contribution < -0.4 is 0 Å². The number of furan rings is 1. The van der Waals surface area contributed by atoms with Crippen LogP contribution in [0.2, 0.25) is 5.02 Å². The molecule has 0 aliphatic heterocycles. The first-order valence-electron chi connectivity index (χ1n) is 8.53. The van der Waals surface area contributed by atoms with Crippen molar-refractivity contribution >= 4 is 40.4 Å². The predicted molar refractivity (Wildman–Crippen MR) is 109 cm³/mol. The minimum absolute atomic E-state index is 0.700. The fraction of sp³-hybridized carbons (Fsp3) is 0. The minimum Gasteiger partial charge on any atom is -0.465 e. The van der Waals surface area contributed by atoms with Crippen molar-refractivity contribution < 1.29 is 4.42 Å². The molecular formula is C22H14ClN3O. The maximum atomic E-state index is 6.04. The van der Waals surface area contributed by atoms with E-state index in [-0.39, 0.29) is 0 Å². The van der Waals surface area contributed by atoms with E-state index in [1.807, 2.05) is 72.9 Å². The van der Waals surface area contributed by atoms with Gasteiger partial charge in [0.2, 0.25) is 0 Å². The van der Waals surface area contributed by atoms with E-state index in [2.05, 4.69) is 10.5 Å². The second-order valence-corrected chi connectivity index (χ2v) is 6.60. The molecule has 0 saturated carbocycles. The molecule has 5 rings (SSSR count). The standard InChI is InChI=1S/C22H14ClN3O/c23-16-9-7-15(8-10-16)20-14-26-21-6-2-1-5-18(21)25-22(26)19(24-20)12-11-17-4-3-13-27-17/h1-14H/b12-11+. The SMILES string of the molecule is Clc1ccc(-c2cn3c(nc4ccccc43)c(/C=C/c3ccco3)n2)cc1. The molecule has 0 fully saturated rings. The van der Waals surface area contributed by atoms with Crippen molar-refractivity contribution in [1.82, 2.24) is 14.4 Å². The van der Waals surface area contributed by atoms with E-state index in [1.165, 1.54) is 0 Å². The Morgan fingerprint density at radius 3 is 2.56 bits per heavy atom. The molecule has 0 unspecified atom stereocenters. The zero-order valence-electron chi connectivity index (χ0n) is 14.2. The molecule has 0 spiro atoms. The Bertz CT molecular complexity index is 1270. The van der Waals surface area contributed by atoms with Gasteiger partial charge in [-0.15, -0.1) is 0 Å². The van der Waals surface area contributed by atoms with Crippen LogP contribution in [-0.2, 0) is 0 Å². The summed E-state index contributed by atoms with van der Waals surface area (Å²) < 4.78 is 7.48. The van der Waals surface area contributed by atoms with Gasteiger partial charge in [0.25, 0.3) is 0 Å². The molecule has 0 radical (unpaired) electrons. The third-order valence-electron chi connectivity index (χ3n) is 4.41. The van der Waals surface area contributed by atoms with Crippen LogP contribution in [0, 0.1) is 0 Å². The van der Waals surface area contributed by atoms with Crippen LogP contribution in [0.1, 0.15) is 11.5 Å². The van der Waals surface area contributed by atoms with E-state index in [1.54, 1.807) is 6.26 Å². The van der Waals surface area contributed by atoms with Gasteiger partial charge in [-0.25, -0.2) is 9.97 Å². The number of hydrogen-bond acceptors (Lipinski definition) is 3. The Hall–Kier alpha value is -3.37. The summed E-state index contributed by atoms with van der Waals surface area (Å²) in [6.07, 6.45) is 7.49. The highest BCUT2D eigenvalue weighted by molar-refractivity contribution is 6.30. The highest BCUT2D eigenvalue weighted by atomic mass is 35.5. The van der Waals surface area contributed by atoms with Crippen LogP contribution in [0.5, 0.6) is 0 Å². The van der Waals surface area contributed by atoms with Crippen molar-refractivity contribution in [2.75, 3.05) is 0 Å². The molecule has 3 aromatic heterocycles. The number of aromatic nitrogens is 3. The van der Waals surface area contributed by atoms with Crippen molar-refractivity contribution in [3.8, 4) is 11.3 Å². The van der Waals surface area contributed by atoms with E-state index in [0.717, 1.165) is 39.4 Å². The van der Waals surface area contributed by atoms with Gasteiger partial charge in [-0.2, -0.15) is 0 Å². The van der Waals surface area contributed by atoms with Crippen LogP contribution >= 0.6 is 11.6 Å². The molecule has 0 amide bonds. The Kier molecular flexibility index (Phi) is 3.77. The van der Waals surface area contributed by atoms with Crippen molar-refractivity contribution in [2.45, 2.75) is 0 Å². The maximum Gasteiger partial charge on any atom is 0.164 e. The third-order valence-corrected chi connectivity index (χ3v) is 4.66. The second-order valence-electron chi connectivity index (χ2n) is 6.16. The molecule has 2 aromatic carbocycles. The molecule has 0 atom stereocenters. The van der Waals surface area contributed by atoms with Gasteiger partial charge in [-0.05, 0) is 48.6 Å². The van der Waals surface area contributed by atoms with Crippen molar-refractivity contribution in [3.05, 3.63) is 89.6 Å². The summed E-state index contributed by atoms with van der Waals surface area (Å²) in [6, 6.07) is 19.5. The van der Waals surface area contributed by atoms with Gasteiger partial charge < -0.3 is 4.42 Å². The molecule has 27 heavy (non-hydrogen) atoms. The lowest BCUT2D eigenvalue weighted by Crippen LogP contribution is -1.95. The lowest BCUT2D eigenvalue weighted by Gasteiger charge is -2.06. The summed E-state index contributed by atoms with van der Waals surface area (Å²) in [5.41, 5.74) is 5.39. The van der Waals surface area contributed by atoms with Crippen LogP contribution in [-0.4, -0.2) is 14.4 Å². The average molecular weight is 372 g/mol. The summed E-state index contributed by atoms with van der Waals surface area (Å²) >= 11 is 6.04. The molecule has 5 aromatic rings. The Balaban J connectivity index is 1.76. The smallest absolute Gasteiger partial charge is 0.164 e. The van der Waals surface area contributed by atoms with Crippen LogP contribution in [0.15, 0.2) is 77.5 Å². The molecule has 130 valence electrons. The van der Waals surface area contributed by atoms with E-state index < -0.39 is 0 Å². The van der Waals surface area contributed by atoms with Gasteiger partial charge in [-0.1, -0.05) is 35.9 Å². The topological polar surface area (TPSA) is 43.3 Å². The van der Waals surface area contributed by atoms with Crippen molar-refractivity contribution in [3.63, 3.8) is 0 Å². The van der Waals surface area contributed by atoms with Gasteiger partial charge in [0, 0.05) is 16.8 Å². The van der Waals surface area contributed by atoms with Crippen LogP contribution in [0.25, 0.3) is 40.1 Å². The van der Waals surface area contributed by atoms with Gasteiger partial charge in [0.05, 0.1) is 23.0 Å². The molecular weight excluding hydrogens is 358 g/mol. The first-order chi connectivity index (χ1) is 13.3. The molecule has 0 saturated heterocycles. The quantitative estimate of drug-likeness (QED) is 0.392. The molecule has 0 aliphatic rings. The highest BCUT2D eigenvalue weighted by Gasteiger charge is 2.11. The normalized spacial score (nSPS) is 11.7. The Morgan fingerprint density at radius 1 is 0.889 bits per heavy atom. The molecule has 3 heterocycles. The van der Waals surface area contributed by atoms with Gasteiger partial charge in [0.1, 0.15) is 11.5 Å². The van der Waals surface area contributed by atoms with E-state index in [0.29, 0.717) is 5.02 Å². The summed E-state index contributed by atoms with van der Waals surface area (Å²) in [7, 11) is 0. The van der Waals surface area contributed by atoms with Crippen molar-refractivity contribution in [1.29, 1.82) is 0 Å². The summed E-state index contributed by atoms with van der Waals surface area (Å²) in [5.74, 6) is 0.767. The highest BCUT2D eigenvalue weighted by Crippen LogP contribution is 2.25.